The summed E-state index contributed by atoms with van der Waals surface area (Å²) in [7, 11) is 0. The molecule has 1 unspecified atom stereocenters. The number of aryl methyl sites for hydroxylation is 1. The lowest BCUT2D eigenvalue weighted by Gasteiger charge is -2.19. The van der Waals surface area contributed by atoms with Crippen LogP contribution in [0.4, 0.5) is 0 Å². The van der Waals surface area contributed by atoms with Gasteiger partial charge >= 0.3 is 5.97 Å². The molecule has 5 heteroatoms. The van der Waals surface area contributed by atoms with Gasteiger partial charge < -0.3 is 10.5 Å². The Kier molecular flexibility index (Phi) is 4.01. The zero-order chi connectivity index (χ0) is 16.0. The van der Waals surface area contributed by atoms with E-state index in [9.17, 15) is 9.59 Å². The van der Waals surface area contributed by atoms with Crippen molar-refractivity contribution in [2.75, 3.05) is 6.61 Å². The van der Waals surface area contributed by atoms with E-state index >= 15 is 0 Å². The second-order valence-electron chi connectivity index (χ2n) is 7.26. The van der Waals surface area contributed by atoms with Crippen molar-refractivity contribution in [1.82, 2.24) is 0 Å². The predicted octanol–water partition coefficient (Wildman–Crippen LogP) is 2.65. The van der Waals surface area contributed by atoms with Crippen molar-refractivity contribution in [3.8, 4) is 0 Å². The first-order valence-corrected chi connectivity index (χ1v) is 9.52. The molecular formula is C18H23NO3S. The molecular weight excluding hydrogens is 310 g/mol. The number of esters is 1. The van der Waals surface area contributed by atoms with Crippen molar-refractivity contribution >= 4 is 23.1 Å². The molecule has 4 nitrogen and oxygen atoms in total. The fraction of sp³-hybridized carbons (Fsp3) is 0.667. The van der Waals surface area contributed by atoms with Gasteiger partial charge in [-0.15, -0.1) is 11.3 Å². The summed E-state index contributed by atoms with van der Waals surface area (Å²) in [6.07, 6.45) is 7.34. The van der Waals surface area contributed by atoms with Gasteiger partial charge in [-0.3, -0.25) is 4.79 Å². The average molecular weight is 333 g/mol. The standard InChI is InChI=1S/C18H23NO3S/c19-12-5-6-15-13(7-12)17(18(21)22-9-10-1-2-10)16(23-15)8-14(20)11-3-4-11/h10-12H,1-9,19H2. The highest BCUT2D eigenvalue weighted by Crippen LogP contribution is 2.38. The van der Waals surface area contributed by atoms with E-state index in [0.717, 1.165) is 55.4 Å². The summed E-state index contributed by atoms with van der Waals surface area (Å²) >= 11 is 1.64. The average Bonchev–Trinajstić information content (AvgIpc) is 3.42. The van der Waals surface area contributed by atoms with Gasteiger partial charge in [0.05, 0.1) is 12.2 Å². The molecule has 0 aromatic carbocycles. The van der Waals surface area contributed by atoms with Gasteiger partial charge in [-0.25, -0.2) is 4.79 Å². The van der Waals surface area contributed by atoms with Crippen LogP contribution in [0.5, 0.6) is 0 Å². The Hall–Kier alpha value is -1.20. The van der Waals surface area contributed by atoms with Gasteiger partial charge in [-0.1, -0.05) is 0 Å². The van der Waals surface area contributed by atoms with E-state index in [2.05, 4.69) is 0 Å². The monoisotopic (exact) mass is 333 g/mol. The highest BCUT2D eigenvalue weighted by Gasteiger charge is 2.34. The van der Waals surface area contributed by atoms with Crippen LogP contribution in [0.15, 0.2) is 0 Å². The number of Topliss-reactive ketones (excluding diaryl/α,β-unsaturated/α-hetero) is 1. The van der Waals surface area contributed by atoms with E-state index in [1.165, 1.54) is 4.88 Å². The number of hydrogen-bond donors (Lipinski definition) is 1. The smallest absolute Gasteiger partial charge is 0.339 e. The summed E-state index contributed by atoms with van der Waals surface area (Å²) in [5, 5.41) is 0. The van der Waals surface area contributed by atoms with Crippen LogP contribution in [0.2, 0.25) is 0 Å². The first-order valence-electron chi connectivity index (χ1n) is 8.70. The summed E-state index contributed by atoms with van der Waals surface area (Å²) in [6, 6.07) is 0.110. The largest absolute Gasteiger partial charge is 0.462 e. The van der Waals surface area contributed by atoms with Crippen molar-refractivity contribution in [3.63, 3.8) is 0 Å². The molecule has 0 spiro atoms. The molecule has 0 amide bonds. The van der Waals surface area contributed by atoms with E-state index in [0.29, 0.717) is 24.5 Å². The van der Waals surface area contributed by atoms with Gasteiger partial charge in [0.2, 0.25) is 0 Å². The highest BCUT2D eigenvalue weighted by atomic mass is 32.1. The lowest BCUT2D eigenvalue weighted by atomic mass is 9.91. The second kappa shape index (κ2) is 6.02. The summed E-state index contributed by atoms with van der Waals surface area (Å²) in [4.78, 5) is 27.0. The Morgan fingerprint density at radius 1 is 1.17 bits per heavy atom. The molecule has 1 atom stereocenters. The van der Waals surface area contributed by atoms with Crippen molar-refractivity contribution in [3.05, 3.63) is 20.9 Å². The van der Waals surface area contributed by atoms with Gasteiger partial charge in [-0.2, -0.15) is 0 Å². The SMILES string of the molecule is NC1CCc2sc(CC(=O)C3CC3)c(C(=O)OCC3CC3)c2C1. The molecule has 2 fully saturated rings. The lowest BCUT2D eigenvalue weighted by Crippen LogP contribution is -2.28. The van der Waals surface area contributed by atoms with Crippen LogP contribution in [0.3, 0.4) is 0 Å². The Morgan fingerprint density at radius 3 is 2.65 bits per heavy atom. The minimum atomic E-state index is -0.234. The third-order valence-electron chi connectivity index (χ3n) is 5.09. The molecule has 0 aliphatic heterocycles. The molecule has 23 heavy (non-hydrogen) atoms. The van der Waals surface area contributed by atoms with Gasteiger partial charge in [0.25, 0.3) is 0 Å². The third kappa shape index (κ3) is 3.36. The van der Waals surface area contributed by atoms with E-state index < -0.39 is 0 Å². The molecule has 1 aromatic rings. The van der Waals surface area contributed by atoms with Crippen LogP contribution in [0.1, 0.15) is 57.8 Å². The highest BCUT2D eigenvalue weighted by molar-refractivity contribution is 7.12. The lowest BCUT2D eigenvalue weighted by molar-refractivity contribution is -0.119. The second-order valence-corrected chi connectivity index (χ2v) is 8.45. The fourth-order valence-electron chi connectivity index (χ4n) is 3.29. The van der Waals surface area contributed by atoms with Crippen molar-refractivity contribution in [2.45, 2.75) is 57.4 Å². The quantitative estimate of drug-likeness (QED) is 0.813. The number of thiophene rings is 1. The minimum absolute atomic E-state index is 0.110. The van der Waals surface area contributed by atoms with Crippen LogP contribution >= 0.6 is 11.3 Å². The van der Waals surface area contributed by atoms with Crippen molar-refractivity contribution in [2.24, 2.45) is 17.6 Å². The normalized spacial score (nSPS) is 23.4. The number of carbonyl (C=O) groups is 2. The first kappa shape index (κ1) is 15.3. The topological polar surface area (TPSA) is 69.4 Å². The molecule has 0 bridgehead atoms. The molecule has 2 N–H and O–H groups in total. The van der Waals surface area contributed by atoms with Crippen molar-refractivity contribution in [1.29, 1.82) is 0 Å². The van der Waals surface area contributed by atoms with Crippen LogP contribution in [0.25, 0.3) is 0 Å². The van der Waals surface area contributed by atoms with Crippen LogP contribution in [-0.4, -0.2) is 24.4 Å². The zero-order valence-electron chi connectivity index (χ0n) is 13.3. The molecule has 1 aromatic heterocycles. The number of fused-ring (bicyclic) bond motifs is 1. The maximum absolute atomic E-state index is 12.6. The summed E-state index contributed by atoms with van der Waals surface area (Å²) in [5.41, 5.74) is 7.84. The number of ketones is 1. The van der Waals surface area contributed by atoms with Gasteiger partial charge in [0.15, 0.2) is 0 Å². The first-order chi connectivity index (χ1) is 11.1. The number of hydrogen-bond acceptors (Lipinski definition) is 5. The van der Waals surface area contributed by atoms with E-state index in [1.807, 2.05) is 0 Å². The molecule has 3 aliphatic rings. The van der Waals surface area contributed by atoms with Crippen molar-refractivity contribution < 1.29 is 14.3 Å². The number of ether oxygens (including phenoxy) is 1. The van der Waals surface area contributed by atoms with E-state index in [4.69, 9.17) is 10.5 Å². The predicted molar refractivity (Wildman–Crippen MR) is 88.8 cm³/mol. The van der Waals surface area contributed by atoms with E-state index in [-0.39, 0.29) is 23.7 Å². The number of rotatable bonds is 6. The van der Waals surface area contributed by atoms with Gasteiger partial charge in [0.1, 0.15) is 5.78 Å². The Balaban J connectivity index is 1.60. The molecule has 124 valence electrons. The summed E-state index contributed by atoms with van der Waals surface area (Å²) in [6.45, 7) is 0.519. The molecule has 2 saturated carbocycles. The zero-order valence-corrected chi connectivity index (χ0v) is 14.1. The molecule has 0 saturated heterocycles. The Bertz CT molecular complexity index is 643. The maximum Gasteiger partial charge on any atom is 0.339 e. The Labute approximate surface area is 140 Å². The number of nitrogens with two attached hydrogens (primary N) is 1. The van der Waals surface area contributed by atoms with Crippen LogP contribution < -0.4 is 5.73 Å². The summed E-state index contributed by atoms with van der Waals surface area (Å²) in [5.74, 6) is 0.824. The van der Waals surface area contributed by atoms with E-state index in [1.54, 1.807) is 11.3 Å². The number of carbonyl (C=O) groups excluding carboxylic acids is 2. The molecule has 0 radical (unpaired) electrons. The Morgan fingerprint density at radius 2 is 1.96 bits per heavy atom. The molecule has 3 aliphatic carbocycles. The maximum atomic E-state index is 12.6. The summed E-state index contributed by atoms with van der Waals surface area (Å²) < 4.78 is 5.53. The van der Waals surface area contributed by atoms with Crippen LogP contribution in [0, 0.1) is 11.8 Å². The molecule has 1 heterocycles. The third-order valence-corrected chi connectivity index (χ3v) is 6.38. The fourth-order valence-corrected chi connectivity index (χ4v) is 4.64. The molecule has 4 rings (SSSR count). The van der Waals surface area contributed by atoms with Crippen LogP contribution in [-0.2, 0) is 28.8 Å². The van der Waals surface area contributed by atoms with Gasteiger partial charge in [0, 0.05) is 28.1 Å². The minimum Gasteiger partial charge on any atom is -0.462 e. The van der Waals surface area contributed by atoms with Gasteiger partial charge in [-0.05, 0) is 56.4 Å².